The quantitative estimate of drug-likeness (QED) is 0.622. The molecule has 0 amide bonds. The fourth-order valence-electron chi connectivity index (χ4n) is 3.17. The van der Waals surface area contributed by atoms with Crippen molar-refractivity contribution in [3.8, 4) is 5.75 Å². The van der Waals surface area contributed by atoms with Crippen molar-refractivity contribution in [1.82, 2.24) is 0 Å². The van der Waals surface area contributed by atoms with Gasteiger partial charge in [-0.05, 0) is 42.8 Å². The molecule has 2 aromatic carbocycles. The number of sulfonamides is 1. The third-order valence-corrected chi connectivity index (χ3v) is 6.98. The summed E-state index contributed by atoms with van der Waals surface area (Å²) in [6, 6.07) is 8.26. The predicted molar refractivity (Wildman–Crippen MR) is 107 cm³/mol. The van der Waals surface area contributed by atoms with Crippen LogP contribution in [0.3, 0.4) is 0 Å². The average Bonchev–Trinajstić information content (AvgIpc) is 2.71. The van der Waals surface area contributed by atoms with Crippen LogP contribution in [0.25, 0.3) is 0 Å². The normalized spacial score (nSPS) is 17.0. The molecule has 0 radical (unpaired) electrons. The first-order valence-corrected chi connectivity index (χ1v) is 11.2. The van der Waals surface area contributed by atoms with Crippen LogP contribution in [-0.4, -0.2) is 44.5 Å². The van der Waals surface area contributed by atoms with E-state index in [1.165, 1.54) is 6.07 Å². The molecule has 0 aromatic heterocycles. The second-order valence-electron chi connectivity index (χ2n) is 6.88. The van der Waals surface area contributed by atoms with Crippen LogP contribution in [0.15, 0.2) is 51.8 Å². The first-order chi connectivity index (χ1) is 14.1. The molecule has 0 saturated heterocycles. The van der Waals surface area contributed by atoms with Crippen LogP contribution in [-0.2, 0) is 16.2 Å². The lowest BCUT2D eigenvalue weighted by molar-refractivity contribution is -0.137. The number of hydrogen-bond acceptors (Lipinski definition) is 5. The molecule has 0 saturated carbocycles. The fraction of sp³-hybridized carbons (Fsp3) is 0.368. The van der Waals surface area contributed by atoms with Crippen LogP contribution in [0.4, 0.5) is 18.9 Å². The van der Waals surface area contributed by atoms with E-state index in [0.29, 0.717) is 10.5 Å². The van der Waals surface area contributed by atoms with Crippen LogP contribution in [0.5, 0.6) is 5.75 Å². The summed E-state index contributed by atoms with van der Waals surface area (Å²) in [7, 11) is -4.35. The van der Waals surface area contributed by atoms with E-state index in [-0.39, 0.29) is 37.6 Å². The number of aliphatic hydroxyl groups excluding tert-OH is 2. The highest BCUT2D eigenvalue weighted by Gasteiger charge is 2.37. The Bertz CT molecular complexity index is 1010. The first kappa shape index (κ1) is 22.9. The summed E-state index contributed by atoms with van der Waals surface area (Å²) >= 11 is 3.26. The van der Waals surface area contributed by atoms with Crippen molar-refractivity contribution in [2.24, 2.45) is 5.92 Å². The third-order valence-electron chi connectivity index (χ3n) is 4.71. The van der Waals surface area contributed by atoms with Crippen LogP contribution >= 0.6 is 15.9 Å². The molecule has 6 nitrogen and oxygen atoms in total. The summed E-state index contributed by atoms with van der Waals surface area (Å²) in [4.78, 5) is -0.496. The largest absolute Gasteiger partial charge is 0.486 e. The van der Waals surface area contributed by atoms with Crippen molar-refractivity contribution in [2.45, 2.75) is 23.6 Å². The molecule has 1 aliphatic heterocycles. The lowest BCUT2D eigenvalue weighted by Gasteiger charge is -2.36. The molecule has 0 bridgehead atoms. The van der Waals surface area contributed by atoms with Gasteiger partial charge in [0, 0.05) is 23.6 Å². The van der Waals surface area contributed by atoms with Crippen molar-refractivity contribution < 1.29 is 36.5 Å². The van der Waals surface area contributed by atoms with Gasteiger partial charge in [-0.2, -0.15) is 13.2 Å². The van der Waals surface area contributed by atoms with E-state index in [2.05, 4.69) is 15.9 Å². The Labute approximate surface area is 180 Å². The van der Waals surface area contributed by atoms with Crippen LogP contribution in [0, 0.1) is 5.92 Å². The summed E-state index contributed by atoms with van der Waals surface area (Å²) in [5, 5.41) is 18.7. The molecule has 3 rings (SSSR count). The van der Waals surface area contributed by atoms with Crippen molar-refractivity contribution in [2.75, 3.05) is 24.1 Å². The van der Waals surface area contributed by atoms with Crippen LogP contribution < -0.4 is 9.04 Å². The van der Waals surface area contributed by atoms with Gasteiger partial charge >= 0.3 is 6.18 Å². The average molecular weight is 510 g/mol. The number of ether oxygens (including phenoxy) is 1. The van der Waals surface area contributed by atoms with E-state index in [0.717, 1.165) is 22.5 Å². The van der Waals surface area contributed by atoms with Gasteiger partial charge in [0.25, 0.3) is 10.0 Å². The maximum atomic E-state index is 13.3. The highest BCUT2D eigenvalue weighted by atomic mass is 79.9. The van der Waals surface area contributed by atoms with E-state index in [4.69, 9.17) is 4.74 Å². The molecule has 0 fully saturated rings. The molecule has 164 valence electrons. The van der Waals surface area contributed by atoms with E-state index in [9.17, 15) is 31.8 Å². The zero-order valence-electron chi connectivity index (χ0n) is 15.5. The fourth-order valence-corrected chi connectivity index (χ4v) is 5.07. The van der Waals surface area contributed by atoms with Crippen molar-refractivity contribution in [3.63, 3.8) is 0 Å². The second-order valence-corrected chi connectivity index (χ2v) is 9.66. The van der Waals surface area contributed by atoms with Crippen LogP contribution in [0.1, 0.15) is 12.0 Å². The molecule has 2 N–H and O–H groups in total. The minimum atomic E-state index is -4.69. The SMILES string of the molecule is O=S(=O)(c1cccc(C(F)(F)F)c1)N1CC(CC(CO)CO)Oc2ccc(Br)cc21. The number of anilines is 1. The number of hydrogen-bond donors (Lipinski definition) is 2. The van der Waals surface area contributed by atoms with Crippen molar-refractivity contribution in [3.05, 3.63) is 52.5 Å². The number of rotatable bonds is 6. The number of fused-ring (bicyclic) bond motifs is 1. The maximum Gasteiger partial charge on any atom is 0.416 e. The molecule has 2 aromatic rings. The van der Waals surface area contributed by atoms with Gasteiger partial charge in [-0.15, -0.1) is 0 Å². The lowest BCUT2D eigenvalue weighted by atomic mass is 10.0. The Balaban J connectivity index is 2.05. The Morgan fingerprint density at radius 1 is 1.17 bits per heavy atom. The molecule has 1 aliphatic rings. The zero-order valence-corrected chi connectivity index (χ0v) is 17.9. The summed E-state index contributed by atoms with van der Waals surface area (Å²) in [6.45, 7) is -0.813. The highest BCUT2D eigenvalue weighted by molar-refractivity contribution is 9.10. The van der Waals surface area contributed by atoms with E-state index in [1.807, 2.05) is 0 Å². The Morgan fingerprint density at radius 2 is 1.87 bits per heavy atom. The minimum absolute atomic E-state index is 0.164. The van der Waals surface area contributed by atoms with E-state index in [1.54, 1.807) is 12.1 Å². The zero-order chi connectivity index (χ0) is 22.1. The topological polar surface area (TPSA) is 87.1 Å². The number of halogens is 4. The lowest BCUT2D eigenvalue weighted by Crippen LogP contribution is -2.44. The van der Waals surface area contributed by atoms with Gasteiger partial charge in [-0.25, -0.2) is 8.42 Å². The molecule has 0 spiro atoms. The Kier molecular flexibility index (Phi) is 6.66. The molecule has 1 atom stereocenters. The number of benzene rings is 2. The van der Waals surface area contributed by atoms with E-state index < -0.39 is 38.7 Å². The van der Waals surface area contributed by atoms with Gasteiger partial charge in [0.15, 0.2) is 0 Å². The van der Waals surface area contributed by atoms with Crippen molar-refractivity contribution in [1.29, 1.82) is 0 Å². The molecule has 0 aliphatic carbocycles. The molecule has 1 heterocycles. The van der Waals surface area contributed by atoms with Gasteiger partial charge in [-0.3, -0.25) is 4.31 Å². The first-order valence-electron chi connectivity index (χ1n) is 8.94. The predicted octanol–water partition coefficient (Wildman–Crippen LogP) is 3.42. The van der Waals surface area contributed by atoms with Gasteiger partial charge < -0.3 is 14.9 Å². The third kappa shape index (κ3) is 4.74. The number of aliphatic hydroxyl groups is 2. The molecular formula is C19H19BrF3NO5S. The monoisotopic (exact) mass is 509 g/mol. The highest BCUT2D eigenvalue weighted by Crippen LogP contribution is 2.40. The Hall–Kier alpha value is -1.82. The van der Waals surface area contributed by atoms with Crippen molar-refractivity contribution >= 4 is 31.6 Å². The smallest absolute Gasteiger partial charge is 0.416 e. The van der Waals surface area contributed by atoms with Gasteiger partial charge in [0.1, 0.15) is 11.9 Å². The molecule has 30 heavy (non-hydrogen) atoms. The molecular weight excluding hydrogens is 491 g/mol. The van der Waals surface area contributed by atoms with Gasteiger partial charge in [0.05, 0.1) is 22.7 Å². The summed E-state index contributed by atoms with van der Waals surface area (Å²) in [5.41, 5.74) is -0.883. The summed E-state index contributed by atoms with van der Waals surface area (Å²) < 4.78 is 73.3. The van der Waals surface area contributed by atoms with E-state index >= 15 is 0 Å². The maximum absolute atomic E-state index is 13.3. The number of alkyl halides is 3. The summed E-state index contributed by atoms with van der Waals surface area (Å²) in [5.74, 6) is -0.287. The van der Waals surface area contributed by atoms with Gasteiger partial charge in [0.2, 0.25) is 0 Å². The second kappa shape index (κ2) is 8.74. The molecule has 1 unspecified atom stereocenters. The van der Waals surface area contributed by atoms with Crippen LogP contribution in [0.2, 0.25) is 0 Å². The van der Waals surface area contributed by atoms with Gasteiger partial charge in [-0.1, -0.05) is 22.0 Å². The number of nitrogens with zero attached hydrogens (tertiary/aromatic N) is 1. The summed E-state index contributed by atoms with van der Waals surface area (Å²) in [6.07, 6.45) is -5.23. The minimum Gasteiger partial charge on any atom is -0.486 e. The standard InChI is InChI=1S/C19H19BrF3NO5S/c20-14-4-5-18-17(8-14)24(9-15(29-18)6-12(10-25)11-26)30(27,28)16-3-1-2-13(7-16)19(21,22)23/h1-5,7-8,12,15,25-26H,6,9-11H2. The Morgan fingerprint density at radius 3 is 2.50 bits per heavy atom. The molecule has 11 heteroatoms.